The molecule has 1 aromatic heterocycles. The van der Waals surface area contributed by atoms with Crippen LogP contribution in [0.25, 0.3) is 6.08 Å². The van der Waals surface area contributed by atoms with Gasteiger partial charge in [0.1, 0.15) is 0 Å². The van der Waals surface area contributed by atoms with Crippen LogP contribution in [0.1, 0.15) is 19.4 Å². The van der Waals surface area contributed by atoms with Crippen LogP contribution in [0.5, 0.6) is 0 Å². The van der Waals surface area contributed by atoms with Crippen LogP contribution in [-0.4, -0.2) is 26.3 Å². The summed E-state index contributed by atoms with van der Waals surface area (Å²) in [6.45, 7) is 4.10. The van der Waals surface area contributed by atoms with Crippen molar-refractivity contribution in [2.45, 2.75) is 23.4 Å². The molecule has 0 saturated carbocycles. The average molecular weight is 350 g/mol. The van der Waals surface area contributed by atoms with Gasteiger partial charge in [-0.05, 0) is 11.6 Å². The van der Waals surface area contributed by atoms with Gasteiger partial charge < -0.3 is 0 Å². The molecule has 0 atom stereocenters. The summed E-state index contributed by atoms with van der Waals surface area (Å²) in [7, 11) is 0. The van der Waals surface area contributed by atoms with E-state index in [2.05, 4.69) is 15.5 Å². The third-order valence-electron chi connectivity index (χ3n) is 2.48. The van der Waals surface area contributed by atoms with Crippen LogP contribution in [0, 0.1) is 10.1 Å². The summed E-state index contributed by atoms with van der Waals surface area (Å²) in [6.07, 6.45) is 2.81. The second-order valence-electron chi connectivity index (χ2n) is 4.71. The van der Waals surface area contributed by atoms with Gasteiger partial charge in [0.2, 0.25) is 11.0 Å². The van der Waals surface area contributed by atoms with Gasteiger partial charge >= 0.3 is 0 Å². The average Bonchev–Trinajstić information content (AvgIpc) is 2.91. The van der Waals surface area contributed by atoms with Crippen molar-refractivity contribution in [3.05, 3.63) is 46.0 Å². The first kappa shape index (κ1) is 17.1. The number of thioether (sulfide) groups is 1. The zero-order valence-electron chi connectivity index (χ0n) is 12.4. The van der Waals surface area contributed by atoms with Gasteiger partial charge in [0.15, 0.2) is 4.34 Å². The maximum Gasteiger partial charge on any atom is 0.270 e. The summed E-state index contributed by atoms with van der Waals surface area (Å²) in [5.41, 5.74) is 0.551. The van der Waals surface area contributed by atoms with Crippen molar-refractivity contribution in [1.82, 2.24) is 10.2 Å². The molecule has 0 aliphatic rings. The lowest BCUT2D eigenvalue weighted by atomic mass is 10.2. The highest BCUT2D eigenvalue weighted by molar-refractivity contribution is 8.01. The summed E-state index contributed by atoms with van der Waals surface area (Å²) in [5, 5.41) is 22.0. The second-order valence-corrected chi connectivity index (χ2v) is 7.52. The molecule has 1 heterocycles. The summed E-state index contributed by atoms with van der Waals surface area (Å²) in [5.74, 6) is -0.367. The van der Waals surface area contributed by atoms with Gasteiger partial charge in [0, 0.05) is 23.5 Å². The van der Waals surface area contributed by atoms with Gasteiger partial charge in [-0.25, -0.2) is 0 Å². The SMILES string of the molecule is CC(C)Sc1nnc(NC(=O)/C=C/c2cccc([N+](=O)[O-])c2)s1. The molecule has 0 fully saturated rings. The van der Waals surface area contributed by atoms with Crippen molar-refractivity contribution < 1.29 is 9.72 Å². The Bertz CT molecular complexity index is 743. The number of anilines is 1. The lowest BCUT2D eigenvalue weighted by Gasteiger charge is -1.97. The van der Waals surface area contributed by atoms with Crippen LogP contribution in [0.4, 0.5) is 10.8 Å². The Labute approximate surface area is 141 Å². The van der Waals surface area contributed by atoms with Gasteiger partial charge in [-0.1, -0.05) is 49.1 Å². The monoisotopic (exact) mass is 350 g/mol. The van der Waals surface area contributed by atoms with Gasteiger partial charge in [-0.2, -0.15) is 0 Å². The maximum absolute atomic E-state index is 11.8. The third-order valence-corrected chi connectivity index (χ3v) is 4.41. The number of nitro benzene ring substituents is 1. The number of nitro groups is 1. The van der Waals surface area contributed by atoms with Crippen molar-refractivity contribution >= 4 is 45.9 Å². The van der Waals surface area contributed by atoms with E-state index in [1.54, 1.807) is 23.9 Å². The highest BCUT2D eigenvalue weighted by Gasteiger charge is 2.08. The van der Waals surface area contributed by atoms with E-state index in [0.717, 1.165) is 4.34 Å². The van der Waals surface area contributed by atoms with Crippen LogP contribution in [0.2, 0.25) is 0 Å². The minimum atomic E-state index is -0.480. The normalized spacial score (nSPS) is 11.1. The standard InChI is InChI=1S/C14H14N4O3S2/c1-9(2)22-14-17-16-13(23-14)15-12(19)7-6-10-4-3-5-11(8-10)18(20)21/h3-9H,1-2H3,(H,15,16,19)/b7-6+. The molecule has 9 heteroatoms. The zero-order valence-corrected chi connectivity index (χ0v) is 14.1. The Balaban J connectivity index is 1.97. The Hall–Kier alpha value is -2.26. The predicted octanol–water partition coefficient (Wildman–Crippen LogP) is 3.60. The minimum Gasteiger partial charge on any atom is -0.297 e. The fraction of sp³-hybridized carbons (Fsp3) is 0.214. The first-order chi connectivity index (χ1) is 10.9. The van der Waals surface area contributed by atoms with Crippen LogP contribution in [-0.2, 0) is 4.79 Å². The van der Waals surface area contributed by atoms with Gasteiger partial charge in [0.25, 0.3) is 5.69 Å². The minimum absolute atomic E-state index is 0.0213. The van der Waals surface area contributed by atoms with Crippen molar-refractivity contribution in [3.8, 4) is 0 Å². The quantitative estimate of drug-likeness (QED) is 0.281. The largest absolute Gasteiger partial charge is 0.297 e. The summed E-state index contributed by atoms with van der Waals surface area (Å²) < 4.78 is 0.790. The lowest BCUT2D eigenvalue weighted by Crippen LogP contribution is -2.07. The summed E-state index contributed by atoms with van der Waals surface area (Å²) in [6, 6.07) is 6.04. The Morgan fingerprint density at radius 3 is 2.91 bits per heavy atom. The van der Waals surface area contributed by atoms with Gasteiger partial charge in [-0.3, -0.25) is 20.2 Å². The Kier molecular flexibility index (Phi) is 5.83. The second kappa shape index (κ2) is 7.84. The molecule has 0 aliphatic heterocycles. The van der Waals surface area contributed by atoms with Crippen molar-refractivity contribution in [2.75, 3.05) is 5.32 Å². The van der Waals surface area contributed by atoms with Crippen molar-refractivity contribution in [1.29, 1.82) is 0 Å². The predicted molar refractivity (Wildman–Crippen MR) is 91.7 cm³/mol. The molecule has 1 amide bonds. The van der Waals surface area contributed by atoms with E-state index in [0.29, 0.717) is 15.9 Å². The summed E-state index contributed by atoms with van der Waals surface area (Å²) in [4.78, 5) is 22.1. The first-order valence-electron chi connectivity index (χ1n) is 6.67. The Morgan fingerprint density at radius 1 is 1.43 bits per heavy atom. The molecule has 2 rings (SSSR count). The third kappa shape index (κ3) is 5.46. The fourth-order valence-corrected chi connectivity index (χ4v) is 3.55. The molecule has 7 nitrogen and oxygen atoms in total. The Morgan fingerprint density at radius 2 is 2.22 bits per heavy atom. The number of aromatic nitrogens is 2. The molecule has 0 bridgehead atoms. The van der Waals surface area contributed by atoms with E-state index in [4.69, 9.17) is 0 Å². The molecule has 0 saturated heterocycles. The number of carbonyl (C=O) groups is 1. The highest BCUT2D eigenvalue weighted by atomic mass is 32.2. The number of nitrogens with zero attached hydrogens (tertiary/aromatic N) is 3. The van der Waals surface area contributed by atoms with E-state index in [1.165, 1.54) is 35.6 Å². The lowest BCUT2D eigenvalue weighted by molar-refractivity contribution is -0.384. The highest BCUT2D eigenvalue weighted by Crippen LogP contribution is 2.28. The number of non-ortho nitro benzene ring substituents is 1. The molecule has 120 valence electrons. The van der Waals surface area contributed by atoms with Crippen LogP contribution in [0.3, 0.4) is 0 Å². The molecule has 0 spiro atoms. The first-order valence-corrected chi connectivity index (χ1v) is 8.37. The number of benzene rings is 1. The van der Waals surface area contributed by atoms with Crippen LogP contribution < -0.4 is 5.32 Å². The molecule has 0 unspecified atom stereocenters. The zero-order chi connectivity index (χ0) is 16.8. The van der Waals surface area contributed by atoms with E-state index in [9.17, 15) is 14.9 Å². The number of hydrogen-bond acceptors (Lipinski definition) is 7. The van der Waals surface area contributed by atoms with Gasteiger partial charge in [0.05, 0.1) is 4.92 Å². The molecule has 2 aromatic rings. The van der Waals surface area contributed by atoms with E-state index in [1.807, 2.05) is 13.8 Å². The topological polar surface area (TPSA) is 98.0 Å². The van der Waals surface area contributed by atoms with E-state index >= 15 is 0 Å². The number of rotatable bonds is 6. The number of hydrogen-bond donors (Lipinski definition) is 1. The van der Waals surface area contributed by atoms with E-state index in [-0.39, 0.29) is 11.6 Å². The molecular formula is C14H14N4O3S2. The molecule has 0 radical (unpaired) electrons. The molecule has 1 N–H and O–H groups in total. The van der Waals surface area contributed by atoms with Crippen LogP contribution in [0.15, 0.2) is 34.7 Å². The molecule has 23 heavy (non-hydrogen) atoms. The fourth-order valence-electron chi connectivity index (χ4n) is 1.57. The number of carbonyl (C=O) groups excluding carboxylic acids is 1. The van der Waals surface area contributed by atoms with Crippen LogP contribution >= 0.6 is 23.1 Å². The number of amides is 1. The molecular weight excluding hydrogens is 336 g/mol. The van der Waals surface area contributed by atoms with Crippen molar-refractivity contribution in [3.63, 3.8) is 0 Å². The molecule has 0 aliphatic carbocycles. The smallest absolute Gasteiger partial charge is 0.270 e. The van der Waals surface area contributed by atoms with Crippen molar-refractivity contribution in [2.24, 2.45) is 0 Å². The van der Waals surface area contributed by atoms with E-state index < -0.39 is 4.92 Å². The summed E-state index contributed by atoms with van der Waals surface area (Å²) >= 11 is 2.88. The molecule has 1 aromatic carbocycles. The maximum atomic E-state index is 11.8. The van der Waals surface area contributed by atoms with Gasteiger partial charge in [-0.15, -0.1) is 10.2 Å². The number of nitrogens with one attached hydrogen (secondary N) is 1.